The molecule has 0 atom stereocenters. The highest BCUT2D eigenvalue weighted by Crippen LogP contribution is 2.27. The van der Waals surface area contributed by atoms with Gasteiger partial charge in [0, 0.05) is 30.7 Å². The van der Waals surface area contributed by atoms with Gasteiger partial charge in [-0.3, -0.25) is 9.48 Å². The molecule has 0 aliphatic carbocycles. The average molecular weight is 416 g/mol. The number of aryl methyl sites for hydroxylation is 1. The molecule has 1 aromatic heterocycles. The molecular weight excluding hydrogens is 398 g/mol. The Balaban J connectivity index is 1.48. The molecule has 0 N–H and O–H groups in total. The molecule has 0 unspecified atom stereocenters. The minimum atomic E-state index is -3.49. The fourth-order valence-electron chi connectivity index (χ4n) is 3.20. The van der Waals surface area contributed by atoms with Gasteiger partial charge in [-0.15, -0.1) is 0 Å². The molecule has 144 valence electrons. The summed E-state index contributed by atoms with van der Waals surface area (Å²) in [6, 6.07) is 17.4. The van der Waals surface area contributed by atoms with Crippen LogP contribution in [0.3, 0.4) is 0 Å². The van der Waals surface area contributed by atoms with Crippen molar-refractivity contribution in [1.29, 1.82) is 0 Å². The lowest BCUT2D eigenvalue weighted by atomic mass is 10.1. The zero-order chi connectivity index (χ0) is 19.9. The van der Waals surface area contributed by atoms with E-state index in [2.05, 4.69) is 5.10 Å². The third kappa shape index (κ3) is 3.31. The number of halogens is 1. The molecule has 1 aliphatic heterocycles. The molecule has 2 heterocycles. The summed E-state index contributed by atoms with van der Waals surface area (Å²) in [6.07, 6.45) is 0. The normalized spacial score (nSPS) is 14.7. The van der Waals surface area contributed by atoms with Crippen molar-refractivity contribution in [1.82, 2.24) is 14.7 Å². The largest absolute Gasteiger partial charge is 0.335 e. The molecule has 4 rings (SSSR count). The molecule has 1 fully saturated rings. The van der Waals surface area contributed by atoms with Gasteiger partial charge in [-0.2, -0.15) is 5.10 Å². The summed E-state index contributed by atoms with van der Waals surface area (Å²) in [5, 5.41) is 4.27. The minimum absolute atomic E-state index is 0.162. The number of sulfone groups is 1. The van der Waals surface area contributed by atoms with Crippen LogP contribution in [0.5, 0.6) is 0 Å². The fourth-order valence-corrected chi connectivity index (χ4v) is 4.98. The van der Waals surface area contributed by atoms with Crippen LogP contribution in [-0.4, -0.2) is 47.3 Å². The summed E-state index contributed by atoms with van der Waals surface area (Å²) < 4.78 is 26.9. The topological polar surface area (TPSA) is 72.3 Å². The van der Waals surface area contributed by atoms with E-state index in [9.17, 15) is 13.2 Å². The average Bonchev–Trinajstić information content (AvgIpc) is 3.03. The van der Waals surface area contributed by atoms with Gasteiger partial charge >= 0.3 is 0 Å². The van der Waals surface area contributed by atoms with Gasteiger partial charge in [-0.05, 0) is 30.3 Å². The SMILES string of the molecule is Cn1nc(-c2ccccc2)cc1C(=O)N1CC(S(=O)(=O)c2ccc(Cl)cc2)C1. The Labute approximate surface area is 168 Å². The Hall–Kier alpha value is -2.64. The van der Waals surface area contributed by atoms with Gasteiger partial charge in [-0.25, -0.2) is 8.42 Å². The first-order valence-electron chi connectivity index (χ1n) is 8.74. The van der Waals surface area contributed by atoms with Crippen LogP contribution in [0.15, 0.2) is 65.6 Å². The van der Waals surface area contributed by atoms with Crippen molar-refractivity contribution in [3.63, 3.8) is 0 Å². The summed E-state index contributed by atoms with van der Waals surface area (Å²) in [5.41, 5.74) is 2.06. The summed E-state index contributed by atoms with van der Waals surface area (Å²) in [4.78, 5) is 14.6. The number of hydrogen-bond donors (Lipinski definition) is 0. The highest BCUT2D eigenvalue weighted by molar-refractivity contribution is 7.92. The molecular formula is C20H18ClN3O3S. The van der Waals surface area contributed by atoms with Crippen molar-refractivity contribution in [2.75, 3.05) is 13.1 Å². The lowest BCUT2D eigenvalue weighted by Crippen LogP contribution is -2.57. The van der Waals surface area contributed by atoms with Crippen molar-refractivity contribution in [3.8, 4) is 11.3 Å². The second-order valence-corrected chi connectivity index (χ2v) is 9.40. The first kappa shape index (κ1) is 18.7. The Morgan fingerprint density at radius 3 is 2.36 bits per heavy atom. The number of rotatable bonds is 4. The van der Waals surface area contributed by atoms with Crippen molar-refractivity contribution < 1.29 is 13.2 Å². The van der Waals surface area contributed by atoms with Crippen LogP contribution in [0.2, 0.25) is 5.02 Å². The third-order valence-electron chi connectivity index (χ3n) is 4.88. The van der Waals surface area contributed by atoms with Crippen molar-refractivity contribution in [2.24, 2.45) is 7.05 Å². The standard InChI is InChI=1S/C20H18ClN3O3S/c1-23-19(11-18(22-23)14-5-3-2-4-6-14)20(25)24-12-17(13-24)28(26,27)16-9-7-15(21)8-10-16/h2-11,17H,12-13H2,1H3. The molecule has 8 heteroatoms. The second kappa shape index (κ2) is 7.07. The van der Waals surface area contributed by atoms with Crippen molar-refractivity contribution >= 4 is 27.3 Å². The van der Waals surface area contributed by atoms with E-state index in [-0.39, 0.29) is 23.9 Å². The van der Waals surface area contributed by atoms with E-state index < -0.39 is 15.1 Å². The lowest BCUT2D eigenvalue weighted by molar-refractivity contribution is 0.0647. The van der Waals surface area contributed by atoms with E-state index in [4.69, 9.17) is 11.6 Å². The van der Waals surface area contributed by atoms with Gasteiger partial charge in [-0.1, -0.05) is 41.9 Å². The number of carbonyl (C=O) groups is 1. The number of carbonyl (C=O) groups excluding carboxylic acids is 1. The minimum Gasteiger partial charge on any atom is -0.335 e. The second-order valence-electron chi connectivity index (χ2n) is 6.74. The van der Waals surface area contributed by atoms with Crippen LogP contribution in [0.1, 0.15) is 10.5 Å². The molecule has 1 amide bonds. The Morgan fingerprint density at radius 1 is 1.07 bits per heavy atom. The molecule has 1 aliphatic rings. The summed E-state index contributed by atoms with van der Waals surface area (Å²) in [5.74, 6) is -0.222. The van der Waals surface area contributed by atoms with Crippen LogP contribution in [0, 0.1) is 0 Å². The monoisotopic (exact) mass is 415 g/mol. The van der Waals surface area contributed by atoms with Gasteiger partial charge in [0.15, 0.2) is 9.84 Å². The first-order chi connectivity index (χ1) is 13.4. The molecule has 2 aromatic carbocycles. The number of hydrogen-bond acceptors (Lipinski definition) is 4. The maximum Gasteiger partial charge on any atom is 0.272 e. The van der Waals surface area contributed by atoms with Crippen molar-refractivity contribution in [2.45, 2.75) is 10.1 Å². The van der Waals surface area contributed by atoms with Crippen LogP contribution in [-0.2, 0) is 16.9 Å². The Bertz CT molecular complexity index is 1120. The van der Waals surface area contributed by atoms with Crippen LogP contribution in [0.4, 0.5) is 0 Å². The predicted molar refractivity (Wildman–Crippen MR) is 107 cm³/mol. The molecule has 1 saturated heterocycles. The third-order valence-corrected chi connectivity index (χ3v) is 7.24. The van der Waals surface area contributed by atoms with Crippen molar-refractivity contribution in [3.05, 3.63) is 71.4 Å². The number of aromatic nitrogens is 2. The lowest BCUT2D eigenvalue weighted by Gasteiger charge is -2.38. The summed E-state index contributed by atoms with van der Waals surface area (Å²) in [7, 11) is -1.78. The van der Waals surface area contributed by atoms with Gasteiger partial charge in [0.05, 0.1) is 10.6 Å². The van der Waals surface area contributed by atoms with E-state index in [1.165, 1.54) is 21.7 Å². The number of likely N-dealkylation sites (tertiary alicyclic amines) is 1. The van der Waals surface area contributed by atoms with Crippen LogP contribution < -0.4 is 0 Å². The van der Waals surface area contributed by atoms with Gasteiger partial charge < -0.3 is 4.90 Å². The van der Waals surface area contributed by atoms with Gasteiger partial charge in [0.2, 0.25) is 0 Å². The van der Waals surface area contributed by atoms with Gasteiger partial charge in [0.25, 0.3) is 5.91 Å². The quantitative estimate of drug-likeness (QED) is 0.656. The van der Waals surface area contributed by atoms with E-state index in [1.807, 2.05) is 30.3 Å². The molecule has 0 bridgehead atoms. The molecule has 6 nitrogen and oxygen atoms in total. The van der Waals surface area contributed by atoms with Crippen LogP contribution in [0.25, 0.3) is 11.3 Å². The molecule has 28 heavy (non-hydrogen) atoms. The zero-order valence-electron chi connectivity index (χ0n) is 15.1. The molecule has 3 aromatic rings. The smallest absolute Gasteiger partial charge is 0.272 e. The van der Waals surface area contributed by atoms with E-state index in [0.29, 0.717) is 16.4 Å². The first-order valence-corrected chi connectivity index (χ1v) is 10.7. The number of benzene rings is 2. The number of amides is 1. The summed E-state index contributed by atoms with van der Waals surface area (Å²) >= 11 is 5.83. The van der Waals surface area contributed by atoms with E-state index in [0.717, 1.165) is 5.56 Å². The maximum atomic E-state index is 12.8. The van der Waals surface area contributed by atoms with Gasteiger partial charge in [0.1, 0.15) is 10.9 Å². The molecule has 0 spiro atoms. The maximum absolute atomic E-state index is 12.8. The van der Waals surface area contributed by atoms with E-state index in [1.54, 1.807) is 25.2 Å². The molecule has 0 saturated carbocycles. The Morgan fingerprint density at radius 2 is 1.71 bits per heavy atom. The summed E-state index contributed by atoms with van der Waals surface area (Å²) in [6.45, 7) is 0.325. The highest BCUT2D eigenvalue weighted by atomic mass is 35.5. The zero-order valence-corrected chi connectivity index (χ0v) is 16.7. The highest BCUT2D eigenvalue weighted by Gasteiger charge is 2.41. The van der Waals surface area contributed by atoms with E-state index >= 15 is 0 Å². The molecule has 0 radical (unpaired) electrons. The number of nitrogens with zero attached hydrogens (tertiary/aromatic N) is 3. The Kier molecular flexibility index (Phi) is 4.72. The van der Waals surface area contributed by atoms with Crippen LogP contribution >= 0.6 is 11.6 Å². The predicted octanol–water partition coefficient (Wildman–Crippen LogP) is 3.04. The fraction of sp³-hybridized carbons (Fsp3) is 0.200.